The van der Waals surface area contributed by atoms with Gasteiger partial charge in [-0.1, -0.05) is 42.5 Å². The Hall–Kier alpha value is -3.57. The number of carboxylic acids is 1. The predicted molar refractivity (Wildman–Crippen MR) is 149 cm³/mol. The van der Waals surface area contributed by atoms with Gasteiger partial charge in [-0.2, -0.15) is 11.8 Å². The van der Waals surface area contributed by atoms with Crippen LogP contribution in [0.5, 0.6) is 5.75 Å². The highest BCUT2D eigenvalue weighted by atomic mass is 32.2. The molecule has 3 amide bonds. The predicted octanol–water partition coefficient (Wildman–Crippen LogP) is 1.30. The minimum absolute atomic E-state index is 0.0165. The summed E-state index contributed by atoms with van der Waals surface area (Å²) in [6.45, 7) is 0.312. The number of phenolic OH excluding ortho intramolecular Hbond substituents is 1. The first kappa shape index (κ1) is 30.0. The molecule has 0 aromatic heterocycles. The van der Waals surface area contributed by atoms with Crippen molar-refractivity contribution in [2.45, 2.75) is 56.3 Å². The number of carbonyl (C=O) groups is 4. The zero-order valence-electron chi connectivity index (χ0n) is 21.9. The van der Waals surface area contributed by atoms with Crippen LogP contribution in [0.1, 0.15) is 30.4 Å². The number of nitrogens with zero attached hydrogens (tertiary/aromatic N) is 1. The van der Waals surface area contributed by atoms with Crippen LogP contribution in [-0.4, -0.2) is 81.5 Å². The molecule has 6 N–H and O–H groups in total. The monoisotopic (exact) mass is 556 g/mol. The van der Waals surface area contributed by atoms with Gasteiger partial charge in [0.1, 0.15) is 23.9 Å². The van der Waals surface area contributed by atoms with E-state index in [-0.39, 0.29) is 18.6 Å². The fourth-order valence-corrected chi connectivity index (χ4v) is 5.03. The summed E-state index contributed by atoms with van der Waals surface area (Å²) in [5.74, 6) is -1.85. The SMILES string of the molecule is CSCCC(N)C(=O)NC(Cc1ccccc1)C(=O)N1CCCC1C(=O)NC(Cc1ccc(O)cc1)C(=O)O. The Bertz CT molecular complexity index is 1130. The smallest absolute Gasteiger partial charge is 0.326 e. The number of nitrogens with two attached hydrogens (primary N) is 1. The second kappa shape index (κ2) is 14.5. The van der Waals surface area contributed by atoms with Crippen LogP contribution in [-0.2, 0) is 32.0 Å². The molecule has 0 bridgehead atoms. The van der Waals surface area contributed by atoms with Crippen molar-refractivity contribution in [2.75, 3.05) is 18.6 Å². The quantitative estimate of drug-likeness (QED) is 0.247. The maximum absolute atomic E-state index is 13.7. The van der Waals surface area contributed by atoms with Crippen LogP contribution in [0.2, 0.25) is 0 Å². The lowest BCUT2D eigenvalue weighted by Gasteiger charge is -2.30. The Morgan fingerprint density at radius 3 is 2.28 bits per heavy atom. The van der Waals surface area contributed by atoms with Crippen LogP contribution < -0.4 is 16.4 Å². The van der Waals surface area contributed by atoms with Gasteiger partial charge in [0.2, 0.25) is 17.7 Å². The first-order valence-electron chi connectivity index (χ1n) is 12.9. The molecule has 0 radical (unpaired) electrons. The molecule has 2 aromatic carbocycles. The number of rotatable bonds is 13. The standard InChI is InChI=1S/C28H36N4O6S/c1-39-15-13-21(29)25(34)30-22(16-18-6-3-2-4-7-18)27(36)32-14-5-8-24(32)26(35)31-23(28(37)38)17-19-9-11-20(33)12-10-19/h2-4,6-7,9-12,21-24,33H,5,8,13-17,29H2,1H3,(H,30,34)(H,31,35)(H,37,38). The van der Waals surface area contributed by atoms with Crippen LogP contribution in [0.3, 0.4) is 0 Å². The van der Waals surface area contributed by atoms with Gasteiger partial charge in [-0.15, -0.1) is 0 Å². The van der Waals surface area contributed by atoms with Crippen molar-refractivity contribution in [3.63, 3.8) is 0 Å². The number of hydrogen-bond acceptors (Lipinski definition) is 7. The van der Waals surface area contributed by atoms with Gasteiger partial charge in [-0.25, -0.2) is 4.79 Å². The van der Waals surface area contributed by atoms with Crippen molar-refractivity contribution in [2.24, 2.45) is 5.73 Å². The minimum Gasteiger partial charge on any atom is -0.508 e. The van der Waals surface area contributed by atoms with E-state index in [9.17, 15) is 29.4 Å². The summed E-state index contributed by atoms with van der Waals surface area (Å²) in [7, 11) is 0. The molecule has 10 nitrogen and oxygen atoms in total. The Balaban J connectivity index is 1.74. The number of likely N-dealkylation sites (tertiary alicyclic amines) is 1. The van der Waals surface area contributed by atoms with Gasteiger partial charge in [0.25, 0.3) is 0 Å². The maximum atomic E-state index is 13.7. The average Bonchev–Trinajstić information content (AvgIpc) is 3.42. The van der Waals surface area contributed by atoms with Gasteiger partial charge in [0.05, 0.1) is 6.04 Å². The lowest BCUT2D eigenvalue weighted by molar-refractivity contribution is -0.144. The van der Waals surface area contributed by atoms with Crippen molar-refractivity contribution >= 4 is 35.5 Å². The van der Waals surface area contributed by atoms with E-state index in [4.69, 9.17) is 5.73 Å². The van der Waals surface area contributed by atoms with Crippen LogP contribution in [0.4, 0.5) is 0 Å². The lowest BCUT2D eigenvalue weighted by Crippen LogP contribution is -2.57. The first-order valence-corrected chi connectivity index (χ1v) is 14.3. The summed E-state index contributed by atoms with van der Waals surface area (Å²) in [5.41, 5.74) is 7.51. The van der Waals surface area contributed by atoms with Gasteiger partial charge in [0, 0.05) is 19.4 Å². The highest BCUT2D eigenvalue weighted by Gasteiger charge is 2.39. The molecule has 1 aliphatic heterocycles. The number of carboxylic acid groups (broad SMARTS) is 1. The Kier molecular flexibility index (Phi) is 11.2. The Morgan fingerprint density at radius 1 is 1.00 bits per heavy atom. The van der Waals surface area contributed by atoms with Crippen molar-refractivity contribution in [3.05, 3.63) is 65.7 Å². The van der Waals surface area contributed by atoms with E-state index < -0.39 is 47.9 Å². The van der Waals surface area contributed by atoms with E-state index in [1.807, 2.05) is 36.6 Å². The molecule has 0 spiro atoms. The van der Waals surface area contributed by atoms with E-state index >= 15 is 0 Å². The zero-order valence-corrected chi connectivity index (χ0v) is 22.7. The molecule has 3 rings (SSSR count). The molecule has 2 aromatic rings. The molecule has 4 unspecified atom stereocenters. The largest absolute Gasteiger partial charge is 0.508 e. The van der Waals surface area contributed by atoms with Gasteiger partial charge in [0.15, 0.2) is 0 Å². The second-order valence-electron chi connectivity index (χ2n) is 9.60. The average molecular weight is 557 g/mol. The number of nitrogens with one attached hydrogen (secondary N) is 2. The highest BCUT2D eigenvalue weighted by Crippen LogP contribution is 2.21. The number of benzene rings is 2. The zero-order chi connectivity index (χ0) is 28.4. The van der Waals surface area contributed by atoms with E-state index in [1.54, 1.807) is 23.9 Å². The van der Waals surface area contributed by atoms with Gasteiger partial charge in [-0.3, -0.25) is 14.4 Å². The van der Waals surface area contributed by atoms with E-state index in [2.05, 4.69) is 10.6 Å². The van der Waals surface area contributed by atoms with Crippen molar-refractivity contribution < 1.29 is 29.4 Å². The maximum Gasteiger partial charge on any atom is 0.326 e. The number of carbonyl (C=O) groups excluding carboxylic acids is 3. The number of hydrogen-bond donors (Lipinski definition) is 5. The summed E-state index contributed by atoms with van der Waals surface area (Å²) < 4.78 is 0. The molecule has 1 aliphatic rings. The van der Waals surface area contributed by atoms with Gasteiger partial charge >= 0.3 is 5.97 Å². The van der Waals surface area contributed by atoms with Crippen molar-refractivity contribution in [1.29, 1.82) is 0 Å². The second-order valence-corrected chi connectivity index (χ2v) is 10.6. The number of aliphatic carboxylic acids is 1. The van der Waals surface area contributed by atoms with E-state index in [1.165, 1.54) is 17.0 Å². The van der Waals surface area contributed by atoms with E-state index in [0.29, 0.717) is 37.1 Å². The number of thioether (sulfide) groups is 1. The number of phenols is 1. The third-order valence-electron chi connectivity index (χ3n) is 6.70. The van der Waals surface area contributed by atoms with E-state index in [0.717, 1.165) is 5.56 Å². The minimum atomic E-state index is -1.21. The summed E-state index contributed by atoms with van der Waals surface area (Å²) in [5, 5.41) is 24.6. The summed E-state index contributed by atoms with van der Waals surface area (Å²) in [6, 6.07) is 11.5. The third kappa shape index (κ3) is 8.72. The highest BCUT2D eigenvalue weighted by molar-refractivity contribution is 7.98. The Labute approximate surface area is 232 Å². The molecule has 1 heterocycles. The molecular weight excluding hydrogens is 520 g/mol. The first-order chi connectivity index (χ1) is 18.7. The normalized spacial score (nSPS) is 17.2. The van der Waals surface area contributed by atoms with Gasteiger partial charge in [-0.05, 0) is 54.5 Å². The van der Waals surface area contributed by atoms with Crippen molar-refractivity contribution in [3.8, 4) is 5.75 Å². The van der Waals surface area contributed by atoms with Crippen LogP contribution >= 0.6 is 11.8 Å². The topological polar surface area (TPSA) is 162 Å². The van der Waals surface area contributed by atoms with Crippen LogP contribution in [0.15, 0.2) is 54.6 Å². The molecule has 0 saturated carbocycles. The molecular formula is C28H36N4O6S. The lowest BCUT2D eigenvalue weighted by atomic mass is 10.0. The molecule has 39 heavy (non-hydrogen) atoms. The number of aromatic hydroxyl groups is 1. The molecule has 1 saturated heterocycles. The van der Waals surface area contributed by atoms with Crippen LogP contribution in [0, 0.1) is 0 Å². The molecule has 210 valence electrons. The summed E-state index contributed by atoms with van der Waals surface area (Å²) >= 11 is 1.57. The summed E-state index contributed by atoms with van der Waals surface area (Å²) in [4.78, 5) is 53.1. The molecule has 4 atom stereocenters. The third-order valence-corrected chi connectivity index (χ3v) is 7.34. The Morgan fingerprint density at radius 2 is 1.64 bits per heavy atom. The fourth-order valence-electron chi connectivity index (χ4n) is 4.54. The molecule has 11 heteroatoms. The summed E-state index contributed by atoms with van der Waals surface area (Å²) in [6.07, 6.45) is 3.57. The van der Waals surface area contributed by atoms with Gasteiger partial charge < -0.3 is 31.5 Å². The fraction of sp³-hybridized carbons (Fsp3) is 0.429. The van der Waals surface area contributed by atoms with Crippen LogP contribution in [0.25, 0.3) is 0 Å². The van der Waals surface area contributed by atoms with Crippen molar-refractivity contribution in [1.82, 2.24) is 15.5 Å². The number of amides is 3. The molecule has 1 fully saturated rings. The molecule has 0 aliphatic carbocycles.